The highest BCUT2D eigenvalue weighted by atomic mass is 16.3. The molecule has 0 saturated heterocycles. The Morgan fingerprint density at radius 1 is 1.43 bits per heavy atom. The molecule has 0 aromatic rings. The van der Waals surface area contributed by atoms with Gasteiger partial charge in [0.25, 0.3) is 0 Å². The van der Waals surface area contributed by atoms with Gasteiger partial charge in [-0.1, -0.05) is 18.6 Å². The molecule has 0 aliphatic heterocycles. The van der Waals surface area contributed by atoms with Crippen LogP contribution in [0.15, 0.2) is 11.6 Å². The molecule has 78 valence electrons. The Balaban J connectivity index is 2.00. The van der Waals surface area contributed by atoms with Gasteiger partial charge in [-0.3, -0.25) is 0 Å². The molecule has 1 N–H and O–H groups in total. The summed E-state index contributed by atoms with van der Waals surface area (Å²) in [6.07, 6.45) is 6.78. The van der Waals surface area contributed by atoms with Gasteiger partial charge < -0.3 is 5.11 Å². The van der Waals surface area contributed by atoms with E-state index < -0.39 is 0 Å². The van der Waals surface area contributed by atoms with Crippen LogP contribution in [0.2, 0.25) is 0 Å². The molecule has 0 aromatic carbocycles. The van der Waals surface area contributed by atoms with Crippen molar-refractivity contribution in [1.29, 1.82) is 0 Å². The van der Waals surface area contributed by atoms with Crippen molar-refractivity contribution in [2.24, 2.45) is 29.1 Å². The molecule has 2 bridgehead atoms. The van der Waals surface area contributed by atoms with Crippen LogP contribution in [-0.4, -0.2) is 11.7 Å². The van der Waals surface area contributed by atoms with E-state index in [2.05, 4.69) is 19.9 Å². The topological polar surface area (TPSA) is 20.2 Å². The highest BCUT2D eigenvalue weighted by Crippen LogP contribution is 2.63. The Morgan fingerprint density at radius 2 is 2.14 bits per heavy atom. The molecule has 0 spiro atoms. The second-order valence-electron chi connectivity index (χ2n) is 5.86. The van der Waals surface area contributed by atoms with Crippen LogP contribution in [0.1, 0.15) is 33.1 Å². The van der Waals surface area contributed by atoms with Gasteiger partial charge in [0.15, 0.2) is 0 Å². The van der Waals surface area contributed by atoms with Crippen molar-refractivity contribution in [1.82, 2.24) is 0 Å². The summed E-state index contributed by atoms with van der Waals surface area (Å²) >= 11 is 0. The van der Waals surface area contributed by atoms with Gasteiger partial charge >= 0.3 is 0 Å². The number of hydrogen-bond donors (Lipinski definition) is 1. The maximum absolute atomic E-state index is 9.63. The van der Waals surface area contributed by atoms with Crippen LogP contribution in [0.3, 0.4) is 0 Å². The summed E-state index contributed by atoms with van der Waals surface area (Å²) in [7, 11) is 0. The van der Waals surface area contributed by atoms with Crippen LogP contribution in [0.5, 0.6) is 0 Å². The van der Waals surface area contributed by atoms with Crippen molar-refractivity contribution >= 4 is 0 Å². The second kappa shape index (κ2) is 2.63. The van der Waals surface area contributed by atoms with Gasteiger partial charge in [-0.05, 0) is 49.9 Å². The molecule has 0 heterocycles. The summed E-state index contributed by atoms with van der Waals surface area (Å²) in [5, 5.41) is 9.63. The van der Waals surface area contributed by atoms with Crippen LogP contribution in [0, 0.1) is 29.1 Å². The van der Waals surface area contributed by atoms with Crippen molar-refractivity contribution in [3.63, 3.8) is 0 Å². The highest BCUT2D eigenvalue weighted by Gasteiger charge is 2.57. The molecule has 14 heavy (non-hydrogen) atoms. The van der Waals surface area contributed by atoms with E-state index in [0.717, 1.165) is 23.7 Å². The Labute approximate surface area is 86.2 Å². The van der Waals surface area contributed by atoms with Gasteiger partial charge in [-0.2, -0.15) is 0 Å². The number of allylic oxidation sites excluding steroid dienone is 1. The molecule has 3 aliphatic carbocycles. The SMILES string of the molecule is CC1=CC2C3CCC(C3)C2C1(C)CO. The number of hydrogen-bond acceptors (Lipinski definition) is 1. The Bertz CT molecular complexity index is 294. The van der Waals surface area contributed by atoms with Crippen LogP contribution in [-0.2, 0) is 0 Å². The molecular weight excluding hydrogens is 172 g/mol. The Kier molecular flexibility index (Phi) is 1.69. The molecule has 2 fully saturated rings. The van der Waals surface area contributed by atoms with Gasteiger partial charge in [0.1, 0.15) is 0 Å². The smallest absolute Gasteiger partial charge is 0.0524 e. The van der Waals surface area contributed by atoms with E-state index in [-0.39, 0.29) is 5.41 Å². The van der Waals surface area contributed by atoms with Crippen molar-refractivity contribution in [3.05, 3.63) is 11.6 Å². The molecule has 2 saturated carbocycles. The molecule has 0 radical (unpaired) electrons. The summed E-state index contributed by atoms with van der Waals surface area (Å²) in [4.78, 5) is 0. The number of fused-ring (bicyclic) bond motifs is 5. The van der Waals surface area contributed by atoms with Gasteiger partial charge in [0, 0.05) is 5.41 Å². The van der Waals surface area contributed by atoms with Crippen LogP contribution >= 0.6 is 0 Å². The Morgan fingerprint density at radius 3 is 2.86 bits per heavy atom. The molecule has 3 rings (SSSR count). The lowest BCUT2D eigenvalue weighted by molar-refractivity contribution is 0.0739. The first-order valence-corrected chi connectivity index (χ1v) is 5.96. The lowest BCUT2D eigenvalue weighted by Crippen LogP contribution is -2.35. The normalized spacial score (nSPS) is 54.9. The van der Waals surface area contributed by atoms with E-state index >= 15 is 0 Å². The van der Waals surface area contributed by atoms with Gasteiger partial charge in [0.2, 0.25) is 0 Å². The third-order valence-electron chi connectivity index (χ3n) is 5.39. The maximum Gasteiger partial charge on any atom is 0.0524 e. The minimum absolute atomic E-state index is 0.116. The van der Waals surface area contributed by atoms with Gasteiger partial charge in [-0.15, -0.1) is 0 Å². The van der Waals surface area contributed by atoms with E-state index in [1.807, 2.05) is 0 Å². The summed E-state index contributed by atoms with van der Waals surface area (Å²) in [6, 6.07) is 0. The third kappa shape index (κ3) is 0.850. The van der Waals surface area contributed by atoms with Gasteiger partial charge in [0.05, 0.1) is 6.61 Å². The molecule has 0 amide bonds. The van der Waals surface area contributed by atoms with E-state index in [4.69, 9.17) is 0 Å². The minimum Gasteiger partial charge on any atom is -0.395 e. The van der Waals surface area contributed by atoms with E-state index in [1.54, 1.807) is 0 Å². The monoisotopic (exact) mass is 192 g/mol. The van der Waals surface area contributed by atoms with E-state index in [0.29, 0.717) is 6.61 Å². The fraction of sp³-hybridized carbons (Fsp3) is 0.846. The molecule has 0 aromatic heterocycles. The van der Waals surface area contributed by atoms with Crippen molar-refractivity contribution in [2.45, 2.75) is 33.1 Å². The summed E-state index contributed by atoms with van der Waals surface area (Å²) in [5.41, 5.74) is 1.57. The lowest BCUT2D eigenvalue weighted by atomic mass is 9.68. The first kappa shape index (κ1) is 8.96. The quantitative estimate of drug-likeness (QED) is 0.633. The third-order valence-corrected chi connectivity index (χ3v) is 5.39. The minimum atomic E-state index is 0.116. The fourth-order valence-corrected chi connectivity index (χ4v) is 4.49. The van der Waals surface area contributed by atoms with E-state index in [9.17, 15) is 5.11 Å². The van der Waals surface area contributed by atoms with Crippen LogP contribution in [0.4, 0.5) is 0 Å². The van der Waals surface area contributed by atoms with E-state index in [1.165, 1.54) is 24.8 Å². The zero-order chi connectivity index (χ0) is 9.92. The van der Waals surface area contributed by atoms with Crippen molar-refractivity contribution in [3.8, 4) is 0 Å². The number of rotatable bonds is 1. The average Bonchev–Trinajstić information content (AvgIpc) is 2.81. The standard InChI is InChI=1S/C13H20O/c1-8-5-11-9-3-4-10(6-9)12(11)13(8,2)7-14/h5,9-12,14H,3-4,6-7H2,1-2H3. The van der Waals surface area contributed by atoms with Crippen LogP contribution in [0.25, 0.3) is 0 Å². The molecule has 3 aliphatic rings. The summed E-state index contributed by atoms with van der Waals surface area (Å²) in [5.74, 6) is 3.45. The van der Waals surface area contributed by atoms with Crippen molar-refractivity contribution < 1.29 is 5.11 Å². The zero-order valence-electron chi connectivity index (χ0n) is 9.16. The first-order chi connectivity index (χ1) is 6.66. The molecule has 5 atom stereocenters. The summed E-state index contributed by atoms with van der Waals surface area (Å²) in [6.45, 7) is 4.83. The van der Waals surface area contributed by atoms with Crippen LogP contribution < -0.4 is 0 Å². The fourth-order valence-electron chi connectivity index (χ4n) is 4.49. The van der Waals surface area contributed by atoms with Gasteiger partial charge in [-0.25, -0.2) is 0 Å². The molecule has 5 unspecified atom stereocenters. The predicted molar refractivity (Wildman–Crippen MR) is 56.8 cm³/mol. The largest absolute Gasteiger partial charge is 0.395 e. The molecule has 1 nitrogen and oxygen atoms in total. The number of aliphatic hydroxyl groups is 1. The highest BCUT2D eigenvalue weighted by molar-refractivity contribution is 5.27. The molecular formula is C13H20O. The zero-order valence-corrected chi connectivity index (χ0v) is 9.16. The van der Waals surface area contributed by atoms with Crippen molar-refractivity contribution in [2.75, 3.05) is 6.61 Å². The molecule has 1 heteroatoms. The first-order valence-electron chi connectivity index (χ1n) is 5.96. The number of aliphatic hydroxyl groups excluding tert-OH is 1. The second-order valence-corrected chi connectivity index (χ2v) is 5.86. The summed E-state index contributed by atoms with van der Waals surface area (Å²) < 4.78 is 0. The lowest BCUT2D eigenvalue weighted by Gasteiger charge is -2.37. The Hall–Kier alpha value is -0.300. The average molecular weight is 192 g/mol. The predicted octanol–water partition coefficient (Wildman–Crippen LogP) is 2.61. The maximum atomic E-state index is 9.63.